The fourth-order valence-electron chi connectivity index (χ4n) is 1.93. The van der Waals surface area contributed by atoms with Gasteiger partial charge in [-0.25, -0.2) is 0 Å². The van der Waals surface area contributed by atoms with Crippen LogP contribution < -0.4 is 0 Å². The van der Waals surface area contributed by atoms with Crippen molar-refractivity contribution in [3.05, 3.63) is 22.4 Å². The fraction of sp³-hybridized carbons (Fsp3) is 0.545. The van der Waals surface area contributed by atoms with Crippen LogP contribution in [0.2, 0.25) is 0 Å². The molecule has 1 atom stereocenters. The first kappa shape index (κ1) is 9.70. The number of thiophene rings is 1. The molecule has 1 saturated heterocycles. The van der Waals surface area contributed by atoms with E-state index in [0.29, 0.717) is 0 Å². The zero-order valence-electron chi connectivity index (χ0n) is 8.15. The zero-order chi connectivity index (χ0) is 9.80. The number of hydrogen-bond donors (Lipinski definition) is 0. The largest absolute Gasteiger partial charge is 0.288 e. The van der Waals surface area contributed by atoms with E-state index < -0.39 is 0 Å². The topological polar surface area (TPSA) is 27.0 Å². The molecule has 74 valence electrons. The van der Waals surface area contributed by atoms with Gasteiger partial charge in [0.2, 0.25) is 0 Å². The molecule has 1 fully saturated rings. The summed E-state index contributed by atoms with van der Waals surface area (Å²) in [6.45, 7) is 2.20. The Morgan fingerprint density at radius 1 is 1.50 bits per heavy atom. The maximum atomic E-state index is 9.10. The maximum absolute atomic E-state index is 9.10. The van der Waals surface area contributed by atoms with Gasteiger partial charge in [-0.15, -0.1) is 11.3 Å². The number of nitrogens with zero attached hydrogens (tertiary/aromatic N) is 2. The molecular weight excluding hydrogens is 192 g/mol. The Balaban J connectivity index is 1.97. The zero-order valence-corrected chi connectivity index (χ0v) is 8.96. The maximum Gasteiger partial charge on any atom is 0.103 e. The number of rotatable bonds is 3. The third-order valence-electron chi connectivity index (χ3n) is 2.71. The summed E-state index contributed by atoms with van der Waals surface area (Å²) in [7, 11) is 0. The van der Waals surface area contributed by atoms with E-state index in [1.807, 2.05) is 0 Å². The van der Waals surface area contributed by atoms with Crippen LogP contribution in [0.4, 0.5) is 0 Å². The molecule has 3 heteroatoms. The van der Waals surface area contributed by atoms with E-state index in [2.05, 4.69) is 28.5 Å². The molecule has 1 unspecified atom stereocenters. The van der Waals surface area contributed by atoms with Crippen LogP contribution in [-0.2, 0) is 6.42 Å². The second-order valence-corrected chi connectivity index (χ2v) is 4.70. The van der Waals surface area contributed by atoms with Crippen LogP contribution in [-0.4, -0.2) is 24.0 Å². The van der Waals surface area contributed by atoms with Crippen molar-refractivity contribution in [2.45, 2.75) is 25.3 Å². The normalized spacial score (nSPS) is 19.4. The van der Waals surface area contributed by atoms with Crippen LogP contribution >= 0.6 is 11.3 Å². The molecule has 0 aliphatic carbocycles. The molecule has 0 N–H and O–H groups in total. The first-order chi connectivity index (χ1) is 6.90. The first-order valence-corrected chi connectivity index (χ1v) is 5.94. The summed E-state index contributed by atoms with van der Waals surface area (Å²) >= 11 is 1.75. The average Bonchev–Trinajstić information content (AvgIpc) is 2.86. The van der Waals surface area contributed by atoms with E-state index in [1.165, 1.54) is 17.7 Å². The van der Waals surface area contributed by atoms with Gasteiger partial charge in [0.05, 0.1) is 6.07 Å². The van der Waals surface area contributed by atoms with Crippen molar-refractivity contribution in [2.24, 2.45) is 0 Å². The van der Waals surface area contributed by atoms with Crippen LogP contribution in [0.15, 0.2) is 17.5 Å². The first-order valence-electron chi connectivity index (χ1n) is 5.06. The quantitative estimate of drug-likeness (QED) is 0.758. The summed E-state index contributed by atoms with van der Waals surface area (Å²) in [5.74, 6) is 0. The smallest absolute Gasteiger partial charge is 0.103 e. The van der Waals surface area contributed by atoms with Gasteiger partial charge in [-0.05, 0) is 37.4 Å². The third-order valence-corrected chi connectivity index (χ3v) is 3.60. The van der Waals surface area contributed by atoms with Gasteiger partial charge in [0, 0.05) is 11.3 Å². The number of nitriles is 1. The van der Waals surface area contributed by atoms with Crippen molar-refractivity contribution in [3.63, 3.8) is 0 Å². The second-order valence-electron chi connectivity index (χ2n) is 3.67. The Bertz CT molecular complexity index is 307. The number of hydrogen-bond acceptors (Lipinski definition) is 3. The minimum atomic E-state index is 0.0937. The van der Waals surface area contributed by atoms with E-state index in [1.54, 1.807) is 11.3 Å². The molecule has 2 heterocycles. The fourth-order valence-corrected chi connectivity index (χ4v) is 2.67. The summed E-state index contributed by atoms with van der Waals surface area (Å²) < 4.78 is 0. The van der Waals surface area contributed by atoms with Crippen molar-refractivity contribution in [1.29, 1.82) is 5.26 Å². The van der Waals surface area contributed by atoms with Gasteiger partial charge in [0.1, 0.15) is 6.04 Å². The van der Waals surface area contributed by atoms with Crippen molar-refractivity contribution in [1.82, 2.24) is 4.90 Å². The van der Waals surface area contributed by atoms with Crippen LogP contribution in [0.1, 0.15) is 17.7 Å². The molecule has 1 aromatic rings. The van der Waals surface area contributed by atoms with Crippen molar-refractivity contribution in [2.75, 3.05) is 13.1 Å². The van der Waals surface area contributed by atoms with Crippen molar-refractivity contribution in [3.8, 4) is 6.07 Å². The minimum Gasteiger partial charge on any atom is -0.288 e. The van der Waals surface area contributed by atoms with Crippen molar-refractivity contribution >= 4 is 11.3 Å². The van der Waals surface area contributed by atoms with Crippen LogP contribution in [0.3, 0.4) is 0 Å². The molecule has 1 aromatic heterocycles. The lowest BCUT2D eigenvalue weighted by Gasteiger charge is -2.20. The Hall–Kier alpha value is -0.850. The lowest BCUT2D eigenvalue weighted by molar-refractivity contribution is 0.289. The molecule has 14 heavy (non-hydrogen) atoms. The summed E-state index contributed by atoms with van der Waals surface area (Å²) in [6, 6.07) is 6.68. The van der Waals surface area contributed by atoms with Gasteiger partial charge < -0.3 is 0 Å². The molecule has 2 rings (SSSR count). The average molecular weight is 206 g/mol. The summed E-state index contributed by atoms with van der Waals surface area (Å²) in [5.41, 5.74) is 0. The number of likely N-dealkylation sites (tertiary alicyclic amines) is 1. The van der Waals surface area contributed by atoms with E-state index in [-0.39, 0.29) is 6.04 Å². The van der Waals surface area contributed by atoms with E-state index >= 15 is 0 Å². The highest BCUT2D eigenvalue weighted by molar-refractivity contribution is 7.09. The van der Waals surface area contributed by atoms with E-state index in [4.69, 9.17) is 5.26 Å². The molecular formula is C11H14N2S. The summed E-state index contributed by atoms with van der Waals surface area (Å²) in [5, 5.41) is 11.2. The van der Waals surface area contributed by atoms with Gasteiger partial charge in [0.15, 0.2) is 0 Å². The molecule has 2 nitrogen and oxygen atoms in total. The van der Waals surface area contributed by atoms with Gasteiger partial charge >= 0.3 is 0 Å². The highest BCUT2D eigenvalue weighted by Crippen LogP contribution is 2.17. The third kappa shape index (κ3) is 2.14. The Labute approximate surface area is 88.8 Å². The monoisotopic (exact) mass is 206 g/mol. The molecule has 0 saturated carbocycles. The molecule has 1 aliphatic rings. The van der Waals surface area contributed by atoms with Crippen molar-refractivity contribution < 1.29 is 0 Å². The molecule has 0 amide bonds. The van der Waals surface area contributed by atoms with Gasteiger partial charge in [-0.3, -0.25) is 4.90 Å². The molecule has 0 radical (unpaired) electrons. The van der Waals surface area contributed by atoms with Crippen LogP contribution in [0.5, 0.6) is 0 Å². The molecule has 0 aromatic carbocycles. The van der Waals surface area contributed by atoms with Gasteiger partial charge in [0.25, 0.3) is 0 Å². The molecule has 0 bridgehead atoms. The lowest BCUT2D eigenvalue weighted by Crippen LogP contribution is -2.32. The Morgan fingerprint density at radius 2 is 2.29 bits per heavy atom. The Morgan fingerprint density at radius 3 is 2.86 bits per heavy atom. The summed E-state index contributed by atoms with van der Waals surface area (Å²) in [4.78, 5) is 3.63. The van der Waals surface area contributed by atoms with Crippen LogP contribution in [0, 0.1) is 11.3 Å². The molecule has 0 spiro atoms. The SMILES string of the molecule is N#CC(Cc1cccs1)N1CCCC1. The summed E-state index contributed by atoms with van der Waals surface area (Å²) in [6.07, 6.45) is 3.40. The van der Waals surface area contributed by atoms with Gasteiger partial charge in [-0.2, -0.15) is 5.26 Å². The molecule has 1 aliphatic heterocycles. The van der Waals surface area contributed by atoms with E-state index in [9.17, 15) is 0 Å². The van der Waals surface area contributed by atoms with Gasteiger partial charge in [-0.1, -0.05) is 6.07 Å². The van der Waals surface area contributed by atoms with E-state index in [0.717, 1.165) is 19.5 Å². The van der Waals surface area contributed by atoms with Crippen LogP contribution in [0.25, 0.3) is 0 Å². The highest BCUT2D eigenvalue weighted by Gasteiger charge is 2.21. The Kier molecular flexibility index (Phi) is 3.18. The highest BCUT2D eigenvalue weighted by atomic mass is 32.1. The standard InChI is InChI=1S/C11H14N2S/c12-9-10(13-5-1-2-6-13)8-11-4-3-7-14-11/h3-4,7,10H,1-2,5-6,8H2. The predicted octanol–water partition coefficient (Wildman–Crippen LogP) is 2.28. The minimum absolute atomic E-state index is 0.0937. The second kappa shape index (κ2) is 4.59. The predicted molar refractivity (Wildman–Crippen MR) is 58.2 cm³/mol. The lowest BCUT2D eigenvalue weighted by atomic mass is 10.2.